The van der Waals surface area contributed by atoms with Gasteiger partial charge in [-0.1, -0.05) is 46.3 Å². The van der Waals surface area contributed by atoms with Gasteiger partial charge in [0.1, 0.15) is 11.1 Å². The summed E-state index contributed by atoms with van der Waals surface area (Å²) in [7, 11) is 0. The molecule has 1 amide bonds. The van der Waals surface area contributed by atoms with Gasteiger partial charge in [0.2, 0.25) is 0 Å². The summed E-state index contributed by atoms with van der Waals surface area (Å²) in [4.78, 5) is 48.4. The SMILES string of the molecule is O=C(/C=C/c1ccc(Br)cc1)c1ccccc1NC(=O)c1cc2cc([N+](=O)[O-])ccc2oc1=O. The van der Waals surface area contributed by atoms with E-state index in [-0.39, 0.29) is 39.3 Å². The third-order valence-electron chi connectivity index (χ3n) is 4.91. The Morgan fingerprint density at radius 2 is 1.71 bits per heavy atom. The smallest absolute Gasteiger partial charge is 0.349 e. The van der Waals surface area contributed by atoms with Crippen molar-refractivity contribution < 1.29 is 18.9 Å². The lowest BCUT2D eigenvalue weighted by Crippen LogP contribution is -2.21. The molecule has 0 unspecified atom stereocenters. The van der Waals surface area contributed by atoms with Gasteiger partial charge in [0.05, 0.1) is 10.6 Å². The van der Waals surface area contributed by atoms with Crippen molar-refractivity contribution in [3.8, 4) is 0 Å². The van der Waals surface area contributed by atoms with Crippen LogP contribution in [-0.4, -0.2) is 16.6 Å². The van der Waals surface area contributed by atoms with Gasteiger partial charge < -0.3 is 9.73 Å². The number of hydrogen-bond donors (Lipinski definition) is 1. The summed E-state index contributed by atoms with van der Waals surface area (Å²) in [6.45, 7) is 0. The van der Waals surface area contributed by atoms with Crippen LogP contribution in [0.5, 0.6) is 0 Å². The molecule has 0 bridgehead atoms. The van der Waals surface area contributed by atoms with E-state index in [4.69, 9.17) is 4.42 Å². The zero-order chi connectivity index (χ0) is 24.2. The van der Waals surface area contributed by atoms with Gasteiger partial charge in [0, 0.05) is 27.6 Å². The number of allylic oxidation sites excluding steroid dienone is 1. The topological polar surface area (TPSA) is 120 Å². The molecule has 8 nitrogen and oxygen atoms in total. The number of rotatable bonds is 6. The highest BCUT2D eigenvalue weighted by atomic mass is 79.9. The molecule has 0 saturated carbocycles. The maximum absolute atomic E-state index is 12.8. The van der Waals surface area contributed by atoms with Gasteiger partial charge in [0.25, 0.3) is 11.6 Å². The average Bonchev–Trinajstić information content (AvgIpc) is 2.83. The van der Waals surface area contributed by atoms with Crippen LogP contribution in [0.4, 0.5) is 11.4 Å². The minimum atomic E-state index is -0.905. The molecule has 3 aromatic carbocycles. The molecule has 0 radical (unpaired) electrons. The first kappa shape index (κ1) is 22.8. The van der Waals surface area contributed by atoms with Crippen LogP contribution in [0.1, 0.15) is 26.3 Å². The summed E-state index contributed by atoms with van der Waals surface area (Å²) >= 11 is 3.35. The fraction of sp³-hybridized carbons (Fsp3) is 0. The van der Waals surface area contributed by atoms with Crippen LogP contribution in [0.2, 0.25) is 0 Å². The van der Waals surface area contributed by atoms with Crippen LogP contribution in [0.3, 0.4) is 0 Å². The van der Waals surface area contributed by atoms with E-state index in [0.717, 1.165) is 10.0 Å². The van der Waals surface area contributed by atoms with Gasteiger partial charge in [-0.05, 0) is 48.0 Å². The standard InChI is InChI=1S/C25H15BrN2O6/c26-17-8-5-15(6-9-17)7-11-22(29)19-3-1-2-4-21(19)27-24(30)20-14-16-13-18(28(32)33)10-12-23(16)34-25(20)31/h1-14H,(H,27,30)/b11-7+. The number of anilines is 1. The second-order valence-corrected chi connectivity index (χ2v) is 8.09. The fourth-order valence-electron chi connectivity index (χ4n) is 3.21. The molecule has 0 fully saturated rings. The Labute approximate surface area is 200 Å². The van der Waals surface area contributed by atoms with Crippen molar-refractivity contribution in [1.82, 2.24) is 0 Å². The van der Waals surface area contributed by atoms with Crippen LogP contribution < -0.4 is 10.9 Å². The largest absolute Gasteiger partial charge is 0.422 e. The van der Waals surface area contributed by atoms with E-state index in [1.54, 1.807) is 24.3 Å². The highest BCUT2D eigenvalue weighted by molar-refractivity contribution is 9.10. The molecule has 0 atom stereocenters. The molecule has 0 aliphatic rings. The Kier molecular flexibility index (Phi) is 6.46. The highest BCUT2D eigenvalue weighted by Crippen LogP contribution is 2.22. The first-order valence-corrected chi connectivity index (χ1v) is 10.7. The number of benzene rings is 3. The quantitative estimate of drug-likeness (QED) is 0.116. The number of ketones is 1. The summed E-state index contributed by atoms with van der Waals surface area (Å²) in [5.41, 5.74) is -0.0945. The Balaban J connectivity index is 1.61. The van der Waals surface area contributed by atoms with Crippen LogP contribution in [0.25, 0.3) is 17.0 Å². The summed E-state index contributed by atoms with van der Waals surface area (Å²) in [5.74, 6) is -1.15. The summed E-state index contributed by atoms with van der Waals surface area (Å²) in [6.07, 6.45) is 3.04. The number of non-ortho nitro benzene ring substituents is 1. The predicted molar refractivity (Wildman–Crippen MR) is 131 cm³/mol. The number of amides is 1. The second kappa shape index (κ2) is 9.63. The molecule has 4 aromatic rings. The first-order valence-electron chi connectivity index (χ1n) is 9.92. The van der Waals surface area contributed by atoms with Crippen molar-refractivity contribution >= 4 is 56.0 Å². The molecule has 1 N–H and O–H groups in total. The fourth-order valence-corrected chi connectivity index (χ4v) is 3.48. The molecule has 1 heterocycles. The lowest BCUT2D eigenvalue weighted by atomic mass is 10.1. The van der Waals surface area contributed by atoms with Crippen molar-refractivity contribution in [2.45, 2.75) is 0 Å². The number of nitrogens with zero attached hydrogens (tertiary/aromatic N) is 1. The zero-order valence-corrected chi connectivity index (χ0v) is 18.9. The van der Waals surface area contributed by atoms with Gasteiger partial charge in [0.15, 0.2) is 5.78 Å². The molecule has 9 heteroatoms. The van der Waals surface area contributed by atoms with E-state index in [0.29, 0.717) is 0 Å². The molecular formula is C25H15BrN2O6. The summed E-state index contributed by atoms with van der Waals surface area (Å²) < 4.78 is 6.05. The Morgan fingerprint density at radius 3 is 2.44 bits per heavy atom. The zero-order valence-electron chi connectivity index (χ0n) is 17.4. The van der Waals surface area contributed by atoms with Crippen molar-refractivity contribution in [3.05, 3.63) is 121 Å². The molecule has 168 valence electrons. The maximum Gasteiger partial charge on any atom is 0.349 e. The third kappa shape index (κ3) is 5.00. The van der Waals surface area contributed by atoms with Crippen molar-refractivity contribution in [2.75, 3.05) is 5.32 Å². The van der Waals surface area contributed by atoms with Gasteiger partial charge in [-0.3, -0.25) is 19.7 Å². The Hall–Kier alpha value is -4.37. The number of carbonyl (C=O) groups is 2. The van der Waals surface area contributed by atoms with E-state index in [9.17, 15) is 24.5 Å². The van der Waals surface area contributed by atoms with Crippen LogP contribution >= 0.6 is 15.9 Å². The highest BCUT2D eigenvalue weighted by Gasteiger charge is 2.18. The van der Waals surface area contributed by atoms with E-state index in [1.807, 2.05) is 24.3 Å². The number of nitro benzene ring substituents is 1. The van der Waals surface area contributed by atoms with Gasteiger partial charge in [-0.25, -0.2) is 4.79 Å². The molecular weight excluding hydrogens is 504 g/mol. The summed E-state index contributed by atoms with van der Waals surface area (Å²) in [5, 5.41) is 13.8. The van der Waals surface area contributed by atoms with Crippen molar-refractivity contribution in [2.24, 2.45) is 0 Å². The lowest BCUT2D eigenvalue weighted by molar-refractivity contribution is -0.384. The number of hydrogen-bond acceptors (Lipinski definition) is 6. The van der Waals surface area contributed by atoms with E-state index in [1.165, 1.54) is 36.4 Å². The predicted octanol–water partition coefficient (Wildman–Crippen LogP) is 5.61. The Morgan fingerprint density at radius 1 is 0.971 bits per heavy atom. The number of carbonyl (C=O) groups excluding carboxylic acids is 2. The molecule has 34 heavy (non-hydrogen) atoms. The number of halogens is 1. The van der Waals surface area contributed by atoms with Crippen molar-refractivity contribution in [1.29, 1.82) is 0 Å². The van der Waals surface area contributed by atoms with E-state index < -0.39 is 16.5 Å². The molecule has 0 aliphatic heterocycles. The third-order valence-corrected chi connectivity index (χ3v) is 5.44. The van der Waals surface area contributed by atoms with Crippen LogP contribution in [0, 0.1) is 10.1 Å². The number of nitrogens with one attached hydrogen (secondary N) is 1. The molecule has 0 aliphatic carbocycles. The summed E-state index contributed by atoms with van der Waals surface area (Å²) in [6, 6.07) is 18.7. The van der Waals surface area contributed by atoms with Gasteiger partial charge in [-0.2, -0.15) is 0 Å². The van der Waals surface area contributed by atoms with Gasteiger partial charge >= 0.3 is 5.63 Å². The molecule has 0 saturated heterocycles. The molecule has 4 rings (SSSR count). The number of nitro groups is 1. The normalized spacial score (nSPS) is 11.0. The minimum absolute atomic E-state index is 0.112. The maximum atomic E-state index is 12.8. The Bertz CT molecular complexity index is 1520. The minimum Gasteiger partial charge on any atom is -0.422 e. The first-order chi connectivity index (χ1) is 16.3. The molecule has 0 spiro atoms. The van der Waals surface area contributed by atoms with Crippen LogP contribution in [-0.2, 0) is 0 Å². The van der Waals surface area contributed by atoms with Crippen LogP contribution in [0.15, 0.2) is 92.6 Å². The van der Waals surface area contributed by atoms with Gasteiger partial charge in [-0.15, -0.1) is 0 Å². The number of para-hydroxylation sites is 1. The second-order valence-electron chi connectivity index (χ2n) is 7.18. The monoisotopic (exact) mass is 518 g/mol. The van der Waals surface area contributed by atoms with Crippen molar-refractivity contribution in [3.63, 3.8) is 0 Å². The average molecular weight is 519 g/mol. The van der Waals surface area contributed by atoms with E-state index in [2.05, 4.69) is 21.2 Å². The number of fused-ring (bicyclic) bond motifs is 1. The lowest BCUT2D eigenvalue weighted by Gasteiger charge is -2.09. The van der Waals surface area contributed by atoms with E-state index >= 15 is 0 Å². The molecule has 1 aromatic heterocycles.